The number of H-pyrrole nitrogens is 1. The van der Waals surface area contributed by atoms with E-state index in [2.05, 4.69) is 10.3 Å². The van der Waals surface area contributed by atoms with E-state index in [9.17, 15) is 19.2 Å². The molecular formula is C11H11N3O4. The van der Waals surface area contributed by atoms with Gasteiger partial charge in [-0.15, -0.1) is 0 Å². The molecule has 2 heterocycles. The molecule has 0 aromatic carbocycles. The van der Waals surface area contributed by atoms with Crippen molar-refractivity contribution in [3.63, 3.8) is 0 Å². The lowest BCUT2D eigenvalue weighted by Crippen LogP contribution is -2.58. The first kappa shape index (κ1) is 12.0. The lowest BCUT2D eigenvalue weighted by atomic mass is 10.2. The van der Waals surface area contributed by atoms with Gasteiger partial charge >= 0.3 is 0 Å². The predicted octanol–water partition coefficient (Wildman–Crippen LogP) is -1.14. The first-order chi connectivity index (χ1) is 8.49. The van der Waals surface area contributed by atoms with E-state index in [4.69, 9.17) is 0 Å². The van der Waals surface area contributed by atoms with E-state index in [1.807, 2.05) is 0 Å². The number of nitrogens with zero attached hydrogens (tertiary/aromatic N) is 1. The van der Waals surface area contributed by atoms with E-state index < -0.39 is 29.3 Å². The minimum Gasteiger partial charge on any atom is -0.318 e. The summed E-state index contributed by atoms with van der Waals surface area (Å²) in [6.07, 6.45) is 0. The van der Waals surface area contributed by atoms with Crippen molar-refractivity contribution in [2.75, 3.05) is 6.54 Å². The molecule has 7 heteroatoms. The number of hydrogen-bond donors (Lipinski definition) is 2. The Morgan fingerprint density at radius 1 is 1.33 bits per heavy atom. The zero-order valence-corrected chi connectivity index (χ0v) is 9.60. The van der Waals surface area contributed by atoms with Gasteiger partial charge in [0.05, 0.1) is 0 Å². The van der Waals surface area contributed by atoms with Crippen LogP contribution in [0.5, 0.6) is 0 Å². The summed E-state index contributed by atoms with van der Waals surface area (Å²) in [5, 5.41) is 2.13. The second-order valence-corrected chi connectivity index (χ2v) is 3.95. The lowest BCUT2D eigenvalue weighted by Gasteiger charge is -2.31. The average Bonchev–Trinajstić information content (AvgIpc) is 2.33. The van der Waals surface area contributed by atoms with Crippen LogP contribution >= 0.6 is 0 Å². The largest absolute Gasteiger partial charge is 0.318 e. The van der Waals surface area contributed by atoms with Gasteiger partial charge in [-0.2, -0.15) is 0 Å². The molecule has 1 fully saturated rings. The molecule has 0 radical (unpaired) electrons. The van der Waals surface area contributed by atoms with Crippen LogP contribution in [-0.4, -0.2) is 40.2 Å². The minimum atomic E-state index is -0.751. The molecule has 0 bridgehead atoms. The van der Waals surface area contributed by atoms with Crippen molar-refractivity contribution >= 4 is 17.7 Å². The lowest BCUT2D eigenvalue weighted by molar-refractivity contribution is -0.138. The van der Waals surface area contributed by atoms with Gasteiger partial charge in [0.15, 0.2) is 0 Å². The summed E-state index contributed by atoms with van der Waals surface area (Å²) < 4.78 is 0. The van der Waals surface area contributed by atoms with Crippen LogP contribution in [0, 0.1) is 0 Å². The number of carbonyl (C=O) groups excluding carboxylic acids is 3. The number of hydrogen-bond acceptors (Lipinski definition) is 4. The SMILES string of the molecule is CC1C(=O)NC(=O)CN1C(=O)c1cccc(=O)[nH]1. The van der Waals surface area contributed by atoms with Crippen molar-refractivity contribution < 1.29 is 14.4 Å². The number of nitrogens with one attached hydrogen (secondary N) is 2. The van der Waals surface area contributed by atoms with Gasteiger partial charge in [0.2, 0.25) is 17.4 Å². The van der Waals surface area contributed by atoms with Crippen molar-refractivity contribution in [1.29, 1.82) is 0 Å². The van der Waals surface area contributed by atoms with Gasteiger partial charge in [0.1, 0.15) is 18.3 Å². The molecule has 1 atom stereocenters. The molecule has 2 N–H and O–H groups in total. The quantitative estimate of drug-likeness (QED) is 0.614. The first-order valence-corrected chi connectivity index (χ1v) is 5.33. The molecule has 94 valence electrons. The normalized spacial score (nSPS) is 19.6. The molecule has 0 saturated carbocycles. The molecule has 2 rings (SSSR count). The van der Waals surface area contributed by atoms with E-state index in [0.29, 0.717) is 0 Å². The number of aromatic amines is 1. The molecule has 0 aliphatic carbocycles. The molecule has 7 nitrogen and oxygen atoms in total. The smallest absolute Gasteiger partial charge is 0.271 e. The maximum atomic E-state index is 12.1. The Kier molecular flexibility index (Phi) is 2.97. The number of aromatic nitrogens is 1. The Hall–Kier alpha value is -2.44. The van der Waals surface area contributed by atoms with Crippen LogP contribution < -0.4 is 10.9 Å². The summed E-state index contributed by atoms with van der Waals surface area (Å²) in [4.78, 5) is 49.3. The molecule has 1 saturated heterocycles. The molecular weight excluding hydrogens is 238 g/mol. The van der Waals surface area contributed by atoms with Crippen molar-refractivity contribution in [2.45, 2.75) is 13.0 Å². The maximum Gasteiger partial charge on any atom is 0.271 e. The van der Waals surface area contributed by atoms with Gasteiger partial charge in [-0.25, -0.2) is 0 Å². The molecule has 1 aliphatic heterocycles. The number of piperazine rings is 1. The summed E-state index contributed by atoms with van der Waals surface area (Å²) in [5.74, 6) is -1.62. The first-order valence-electron chi connectivity index (χ1n) is 5.33. The van der Waals surface area contributed by atoms with Gasteiger partial charge in [0, 0.05) is 6.07 Å². The monoisotopic (exact) mass is 249 g/mol. The molecule has 3 amide bonds. The third kappa shape index (κ3) is 2.15. The van der Waals surface area contributed by atoms with E-state index in [1.54, 1.807) is 0 Å². The third-order valence-corrected chi connectivity index (χ3v) is 2.68. The minimum absolute atomic E-state index is 0.0526. The van der Waals surface area contributed by atoms with Crippen molar-refractivity contribution in [1.82, 2.24) is 15.2 Å². The highest BCUT2D eigenvalue weighted by molar-refractivity contribution is 6.06. The van der Waals surface area contributed by atoms with Gasteiger partial charge in [-0.3, -0.25) is 24.5 Å². The topological polar surface area (TPSA) is 99.3 Å². The molecule has 18 heavy (non-hydrogen) atoms. The third-order valence-electron chi connectivity index (χ3n) is 2.68. The van der Waals surface area contributed by atoms with Gasteiger partial charge in [0.25, 0.3) is 5.91 Å². The Labute approximate surface area is 102 Å². The van der Waals surface area contributed by atoms with Crippen LogP contribution in [0.3, 0.4) is 0 Å². The fourth-order valence-electron chi connectivity index (χ4n) is 1.69. The fraction of sp³-hybridized carbons (Fsp3) is 0.273. The maximum absolute atomic E-state index is 12.1. The van der Waals surface area contributed by atoms with Crippen LogP contribution in [0.4, 0.5) is 0 Å². The van der Waals surface area contributed by atoms with Gasteiger partial charge in [-0.05, 0) is 13.0 Å². The Morgan fingerprint density at radius 3 is 2.72 bits per heavy atom. The van der Waals surface area contributed by atoms with Gasteiger partial charge in [-0.1, -0.05) is 6.07 Å². The zero-order valence-electron chi connectivity index (χ0n) is 9.60. The summed E-state index contributed by atoms with van der Waals surface area (Å²) in [6.45, 7) is 1.31. The molecule has 1 aromatic rings. The highest BCUT2D eigenvalue weighted by atomic mass is 16.2. The summed E-state index contributed by atoms with van der Waals surface area (Å²) in [7, 11) is 0. The van der Waals surface area contributed by atoms with Crippen molar-refractivity contribution in [3.05, 3.63) is 34.2 Å². The zero-order chi connectivity index (χ0) is 13.3. The van der Waals surface area contributed by atoms with E-state index in [1.165, 1.54) is 25.1 Å². The number of carbonyl (C=O) groups is 3. The van der Waals surface area contributed by atoms with Crippen LogP contribution in [0.2, 0.25) is 0 Å². The summed E-state index contributed by atoms with van der Waals surface area (Å²) >= 11 is 0. The van der Waals surface area contributed by atoms with Crippen molar-refractivity contribution in [2.24, 2.45) is 0 Å². The number of imide groups is 1. The van der Waals surface area contributed by atoms with E-state index >= 15 is 0 Å². The molecule has 1 aliphatic rings. The molecule has 1 unspecified atom stereocenters. The standard InChI is InChI=1S/C11H11N3O4/c1-6-10(17)13-9(16)5-14(6)11(18)7-3-2-4-8(15)12-7/h2-4,6H,5H2,1H3,(H,12,15)(H,13,16,17). The predicted molar refractivity (Wildman–Crippen MR) is 60.7 cm³/mol. The molecule has 0 spiro atoms. The van der Waals surface area contributed by atoms with Crippen LogP contribution in [0.25, 0.3) is 0 Å². The molecule has 1 aromatic heterocycles. The van der Waals surface area contributed by atoms with Crippen LogP contribution in [0.15, 0.2) is 23.0 Å². The van der Waals surface area contributed by atoms with Gasteiger partial charge < -0.3 is 9.88 Å². The highest BCUT2D eigenvalue weighted by Gasteiger charge is 2.34. The summed E-state index contributed by atoms with van der Waals surface area (Å²) in [5.41, 5.74) is -0.363. The number of pyridine rings is 1. The Balaban J connectivity index is 2.30. The van der Waals surface area contributed by atoms with Crippen LogP contribution in [0.1, 0.15) is 17.4 Å². The number of rotatable bonds is 1. The van der Waals surface area contributed by atoms with Crippen LogP contribution in [-0.2, 0) is 9.59 Å². The Bertz CT molecular complexity index is 578. The van der Waals surface area contributed by atoms with E-state index in [-0.39, 0.29) is 12.2 Å². The highest BCUT2D eigenvalue weighted by Crippen LogP contribution is 2.09. The fourth-order valence-corrected chi connectivity index (χ4v) is 1.69. The second kappa shape index (κ2) is 4.44. The summed E-state index contributed by atoms with van der Waals surface area (Å²) in [6, 6.07) is 3.38. The number of amides is 3. The average molecular weight is 249 g/mol. The van der Waals surface area contributed by atoms with E-state index in [0.717, 1.165) is 4.90 Å². The second-order valence-electron chi connectivity index (χ2n) is 3.95. The Morgan fingerprint density at radius 2 is 2.06 bits per heavy atom. The van der Waals surface area contributed by atoms with Crippen molar-refractivity contribution in [3.8, 4) is 0 Å².